The Morgan fingerprint density at radius 3 is 2.32 bits per heavy atom. The van der Waals surface area contributed by atoms with Gasteiger partial charge in [0, 0.05) is 42.5 Å². The van der Waals surface area contributed by atoms with Crippen LogP contribution in [0.2, 0.25) is 5.02 Å². The average molecular weight is 385 g/mol. The molecule has 0 N–H and O–H groups in total. The molecule has 0 radical (unpaired) electrons. The highest BCUT2D eigenvalue weighted by atomic mass is 35.5. The Bertz CT molecular complexity index is 721. The highest BCUT2D eigenvalue weighted by Gasteiger charge is 2.31. The number of halogens is 1. The lowest BCUT2D eigenvalue weighted by molar-refractivity contribution is -0.136. The van der Waals surface area contributed by atoms with E-state index in [0.29, 0.717) is 31.0 Å². The first-order valence-electron chi connectivity index (χ1n) is 8.41. The van der Waals surface area contributed by atoms with Gasteiger partial charge < -0.3 is 4.90 Å². The summed E-state index contributed by atoms with van der Waals surface area (Å²) in [5.41, 5.74) is 0.775. The quantitative estimate of drug-likeness (QED) is 0.783. The lowest BCUT2D eigenvalue weighted by atomic mass is 9.96. The number of hydrogen-bond acceptors (Lipinski definition) is 3. The fourth-order valence-corrected chi connectivity index (χ4v) is 4.07. The van der Waals surface area contributed by atoms with Crippen LogP contribution in [0, 0.1) is 5.92 Å². The number of hydrogen-bond donors (Lipinski definition) is 0. The minimum absolute atomic E-state index is 0.0981. The Morgan fingerprint density at radius 2 is 1.80 bits per heavy atom. The molecule has 1 aromatic rings. The largest absolute Gasteiger partial charge is 0.343 e. The third-order valence-electron chi connectivity index (χ3n) is 4.59. The molecule has 1 fully saturated rings. The van der Waals surface area contributed by atoms with E-state index in [0.717, 1.165) is 5.56 Å². The van der Waals surface area contributed by atoms with Gasteiger partial charge in [0.05, 0.1) is 0 Å². The Morgan fingerprint density at radius 1 is 1.24 bits per heavy atom. The van der Waals surface area contributed by atoms with Crippen LogP contribution < -0.4 is 0 Å². The number of carbonyl (C=O) groups is 1. The van der Waals surface area contributed by atoms with Crippen molar-refractivity contribution >= 4 is 33.6 Å². The highest BCUT2D eigenvalue weighted by molar-refractivity contribution is 7.92. The zero-order chi connectivity index (χ0) is 18.6. The van der Waals surface area contributed by atoms with E-state index in [9.17, 15) is 13.2 Å². The van der Waals surface area contributed by atoms with E-state index >= 15 is 0 Å². The number of nitrogens with zero attached hydrogens (tertiary/aromatic N) is 2. The van der Waals surface area contributed by atoms with Crippen LogP contribution in [0.15, 0.2) is 29.7 Å². The molecule has 0 spiro atoms. The first kappa shape index (κ1) is 19.9. The molecule has 0 atom stereocenters. The van der Waals surface area contributed by atoms with Gasteiger partial charge in [-0.2, -0.15) is 4.31 Å². The molecule has 1 saturated heterocycles. The molecule has 2 rings (SSSR count). The number of rotatable bonds is 5. The maximum Gasteiger partial charge on any atom is 0.236 e. The molecule has 1 aliphatic rings. The SMILES string of the molecule is CC(C)N(C)C(=O)C1CCN(S(=O)(=O)/C=C/c2ccc(Cl)cc2)CC1. The molecule has 0 saturated carbocycles. The third kappa shape index (κ3) is 5.30. The van der Waals surface area contributed by atoms with Gasteiger partial charge in [0.15, 0.2) is 0 Å². The van der Waals surface area contributed by atoms with E-state index in [-0.39, 0.29) is 17.9 Å². The maximum absolute atomic E-state index is 12.5. The summed E-state index contributed by atoms with van der Waals surface area (Å²) >= 11 is 5.82. The standard InChI is InChI=1S/C18H25ClN2O3S/c1-14(2)20(3)18(22)16-8-11-21(12-9-16)25(23,24)13-10-15-4-6-17(19)7-5-15/h4-7,10,13-14,16H,8-9,11-12H2,1-3H3/b13-10+. The van der Waals surface area contributed by atoms with Crippen LogP contribution in [0.5, 0.6) is 0 Å². The Balaban J connectivity index is 1.97. The van der Waals surface area contributed by atoms with Crippen molar-refractivity contribution in [2.75, 3.05) is 20.1 Å². The van der Waals surface area contributed by atoms with E-state index < -0.39 is 10.0 Å². The third-order valence-corrected chi connectivity index (χ3v) is 6.40. The monoisotopic (exact) mass is 384 g/mol. The van der Waals surface area contributed by atoms with Crippen LogP contribution >= 0.6 is 11.6 Å². The van der Waals surface area contributed by atoms with Gasteiger partial charge in [-0.25, -0.2) is 8.42 Å². The molecule has 7 heteroatoms. The van der Waals surface area contributed by atoms with E-state index in [2.05, 4.69) is 0 Å². The van der Waals surface area contributed by atoms with Crippen molar-refractivity contribution in [3.8, 4) is 0 Å². The van der Waals surface area contributed by atoms with Gasteiger partial charge in [-0.1, -0.05) is 23.7 Å². The zero-order valence-electron chi connectivity index (χ0n) is 14.9. The normalized spacial score (nSPS) is 17.3. The van der Waals surface area contributed by atoms with E-state index in [1.165, 1.54) is 9.71 Å². The molecule has 1 aromatic carbocycles. The van der Waals surface area contributed by atoms with Crippen molar-refractivity contribution in [1.29, 1.82) is 0 Å². The first-order chi connectivity index (χ1) is 11.7. The Kier molecular flexibility index (Phi) is 6.65. The maximum atomic E-state index is 12.5. The van der Waals surface area contributed by atoms with E-state index in [4.69, 9.17) is 11.6 Å². The van der Waals surface area contributed by atoms with Crippen LogP contribution in [0.4, 0.5) is 0 Å². The van der Waals surface area contributed by atoms with Gasteiger partial charge in [-0.15, -0.1) is 0 Å². The van der Waals surface area contributed by atoms with Crippen molar-refractivity contribution in [2.24, 2.45) is 5.92 Å². The van der Waals surface area contributed by atoms with Gasteiger partial charge in [-0.3, -0.25) is 4.79 Å². The van der Waals surface area contributed by atoms with E-state index in [1.807, 2.05) is 13.8 Å². The highest BCUT2D eigenvalue weighted by Crippen LogP contribution is 2.23. The average Bonchev–Trinajstić information content (AvgIpc) is 2.60. The van der Waals surface area contributed by atoms with Crippen molar-refractivity contribution < 1.29 is 13.2 Å². The fourth-order valence-electron chi connectivity index (χ4n) is 2.72. The number of amides is 1. The molecule has 1 amide bonds. The minimum Gasteiger partial charge on any atom is -0.343 e. The van der Waals surface area contributed by atoms with Crippen molar-refractivity contribution in [1.82, 2.24) is 9.21 Å². The summed E-state index contributed by atoms with van der Waals surface area (Å²) in [5, 5.41) is 1.83. The summed E-state index contributed by atoms with van der Waals surface area (Å²) < 4.78 is 26.4. The second-order valence-electron chi connectivity index (χ2n) is 6.62. The molecule has 0 bridgehead atoms. The molecule has 1 aliphatic heterocycles. The van der Waals surface area contributed by atoms with Gasteiger partial charge in [0.2, 0.25) is 15.9 Å². The van der Waals surface area contributed by atoms with Crippen molar-refractivity contribution in [2.45, 2.75) is 32.7 Å². The fraction of sp³-hybridized carbons (Fsp3) is 0.500. The van der Waals surface area contributed by atoms with Crippen molar-refractivity contribution in [3.63, 3.8) is 0 Å². The Labute approximate surface area is 155 Å². The molecule has 0 aliphatic carbocycles. The molecule has 1 heterocycles. The van der Waals surface area contributed by atoms with E-state index in [1.54, 1.807) is 42.3 Å². The van der Waals surface area contributed by atoms with Gasteiger partial charge >= 0.3 is 0 Å². The molecule has 25 heavy (non-hydrogen) atoms. The molecule has 138 valence electrons. The topological polar surface area (TPSA) is 57.7 Å². The smallest absolute Gasteiger partial charge is 0.236 e. The Hall–Kier alpha value is -1.37. The second-order valence-corrected chi connectivity index (χ2v) is 8.87. The van der Waals surface area contributed by atoms with Crippen LogP contribution in [-0.4, -0.2) is 49.7 Å². The van der Waals surface area contributed by atoms with Gasteiger partial charge in [0.25, 0.3) is 0 Å². The zero-order valence-corrected chi connectivity index (χ0v) is 16.4. The summed E-state index contributed by atoms with van der Waals surface area (Å²) in [6, 6.07) is 7.12. The summed E-state index contributed by atoms with van der Waals surface area (Å²) in [6.07, 6.45) is 2.68. The van der Waals surface area contributed by atoms with Crippen molar-refractivity contribution in [3.05, 3.63) is 40.3 Å². The summed E-state index contributed by atoms with van der Waals surface area (Å²) in [7, 11) is -1.69. The van der Waals surface area contributed by atoms with Gasteiger partial charge in [-0.05, 0) is 50.5 Å². The summed E-state index contributed by atoms with van der Waals surface area (Å²) in [5.74, 6) is 0.00264. The lowest BCUT2D eigenvalue weighted by Gasteiger charge is -2.33. The second kappa shape index (κ2) is 8.34. The molecule has 5 nitrogen and oxygen atoms in total. The van der Waals surface area contributed by atoms with Crippen LogP contribution in [0.25, 0.3) is 6.08 Å². The predicted molar refractivity (Wildman–Crippen MR) is 102 cm³/mol. The number of carbonyl (C=O) groups excluding carboxylic acids is 1. The number of benzene rings is 1. The van der Waals surface area contributed by atoms with Gasteiger partial charge in [0.1, 0.15) is 0 Å². The first-order valence-corrected chi connectivity index (χ1v) is 10.3. The molecule has 0 unspecified atom stereocenters. The molecular formula is C18H25ClN2O3S. The molecule has 0 aromatic heterocycles. The lowest BCUT2D eigenvalue weighted by Crippen LogP contribution is -2.44. The van der Waals surface area contributed by atoms with Crippen LogP contribution in [-0.2, 0) is 14.8 Å². The summed E-state index contributed by atoms with van der Waals surface area (Å²) in [4.78, 5) is 14.1. The van der Waals surface area contributed by atoms with Crippen LogP contribution in [0.3, 0.4) is 0 Å². The predicted octanol–water partition coefficient (Wildman–Crippen LogP) is 3.22. The van der Waals surface area contributed by atoms with Crippen LogP contribution in [0.1, 0.15) is 32.3 Å². The number of sulfonamides is 1. The minimum atomic E-state index is -3.48. The number of piperidine rings is 1. The summed E-state index contributed by atoms with van der Waals surface area (Å²) in [6.45, 7) is 4.68. The molecular weight excluding hydrogens is 360 g/mol.